The molecular weight excluding hydrogens is 328 g/mol. The Kier molecular flexibility index (Phi) is 3.96. The Morgan fingerprint density at radius 1 is 1.38 bits per heavy atom. The van der Waals surface area contributed by atoms with Gasteiger partial charge in [-0.3, -0.25) is 4.98 Å². The van der Waals surface area contributed by atoms with Crippen LogP contribution in [0, 0.1) is 0 Å². The van der Waals surface area contributed by atoms with E-state index in [9.17, 15) is 0 Å². The molecule has 0 saturated carbocycles. The smallest absolute Gasteiger partial charge is 0.315 e. The topological polar surface area (TPSA) is 82.6 Å². The number of fused-ring (bicyclic) bond motifs is 1. The minimum absolute atomic E-state index is 0.381. The number of oxime groups is 1. The molecular formula is C16H14N4O3S. The standard InChI is InChI=1S/C16H14N4O3S/c1-2-22-20-11-5-7-21-16-13(11)19-14(23-16)12-9-18-15(24-12)10-4-3-6-17-8-10/h3-4,6,8-9H,2,5,7H2,1H3. The Labute approximate surface area is 142 Å². The molecule has 0 radical (unpaired) electrons. The SMILES string of the molecule is CCON=C1CCOc2oc(-c3cnc(-c4cccnc4)s3)nc21. The van der Waals surface area contributed by atoms with E-state index in [1.54, 1.807) is 18.6 Å². The second-order valence-electron chi connectivity index (χ2n) is 4.98. The van der Waals surface area contributed by atoms with Gasteiger partial charge in [0.15, 0.2) is 5.69 Å². The van der Waals surface area contributed by atoms with E-state index in [0.29, 0.717) is 37.2 Å². The van der Waals surface area contributed by atoms with Crippen molar-refractivity contribution >= 4 is 17.0 Å². The van der Waals surface area contributed by atoms with Crippen molar-refractivity contribution in [1.82, 2.24) is 15.0 Å². The Balaban J connectivity index is 1.67. The zero-order valence-corrected chi connectivity index (χ0v) is 13.7. The Morgan fingerprint density at radius 2 is 2.33 bits per heavy atom. The van der Waals surface area contributed by atoms with Crippen LogP contribution in [0.15, 0.2) is 40.3 Å². The molecule has 1 aliphatic heterocycles. The number of rotatable bonds is 4. The monoisotopic (exact) mass is 342 g/mol. The highest BCUT2D eigenvalue weighted by Crippen LogP contribution is 2.35. The summed E-state index contributed by atoms with van der Waals surface area (Å²) in [5, 5.41) is 4.96. The first-order chi connectivity index (χ1) is 11.8. The summed E-state index contributed by atoms with van der Waals surface area (Å²) in [5.74, 6) is 0.852. The summed E-state index contributed by atoms with van der Waals surface area (Å²) in [4.78, 5) is 19.0. The van der Waals surface area contributed by atoms with Crippen molar-refractivity contribution in [1.29, 1.82) is 0 Å². The van der Waals surface area contributed by atoms with E-state index in [1.165, 1.54) is 11.3 Å². The van der Waals surface area contributed by atoms with E-state index in [0.717, 1.165) is 21.2 Å². The van der Waals surface area contributed by atoms with Gasteiger partial charge in [-0.1, -0.05) is 5.16 Å². The lowest BCUT2D eigenvalue weighted by Crippen LogP contribution is -2.16. The summed E-state index contributed by atoms with van der Waals surface area (Å²) in [7, 11) is 0. The van der Waals surface area contributed by atoms with Crippen LogP contribution in [0.3, 0.4) is 0 Å². The van der Waals surface area contributed by atoms with Gasteiger partial charge in [-0.15, -0.1) is 11.3 Å². The fraction of sp³-hybridized carbons (Fsp3) is 0.250. The third-order valence-electron chi connectivity index (χ3n) is 3.37. The summed E-state index contributed by atoms with van der Waals surface area (Å²) < 4.78 is 11.3. The Morgan fingerprint density at radius 3 is 3.17 bits per heavy atom. The first kappa shape index (κ1) is 14.8. The number of hydrogen-bond acceptors (Lipinski definition) is 8. The van der Waals surface area contributed by atoms with Crippen molar-refractivity contribution in [3.8, 4) is 27.3 Å². The fourth-order valence-electron chi connectivity index (χ4n) is 2.28. The van der Waals surface area contributed by atoms with Crippen LogP contribution >= 0.6 is 11.3 Å². The molecule has 3 aromatic rings. The fourth-order valence-corrected chi connectivity index (χ4v) is 3.11. The maximum absolute atomic E-state index is 5.74. The zero-order chi connectivity index (χ0) is 16.4. The molecule has 0 aliphatic carbocycles. The predicted molar refractivity (Wildman–Crippen MR) is 89.1 cm³/mol. The lowest BCUT2D eigenvalue weighted by atomic mass is 10.2. The van der Waals surface area contributed by atoms with Crippen LogP contribution in [0.25, 0.3) is 21.3 Å². The van der Waals surface area contributed by atoms with Crippen LogP contribution in [0.2, 0.25) is 0 Å². The molecule has 1 aliphatic rings. The lowest BCUT2D eigenvalue weighted by Gasteiger charge is -2.11. The Hall–Kier alpha value is -2.74. The van der Waals surface area contributed by atoms with Crippen molar-refractivity contribution in [2.45, 2.75) is 13.3 Å². The molecule has 0 fully saturated rings. The van der Waals surface area contributed by atoms with Crippen molar-refractivity contribution < 1.29 is 14.0 Å². The molecule has 3 aromatic heterocycles. The van der Waals surface area contributed by atoms with E-state index in [2.05, 4.69) is 20.1 Å². The quantitative estimate of drug-likeness (QED) is 0.676. The van der Waals surface area contributed by atoms with Crippen molar-refractivity contribution in [3.63, 3.8) is 0 Å². The number of oxazole rings is 1. The number of pyridine rings is 1. The summed E-state index contributed by atoms with van der Waals surface area (Å²) in [5.41, 5.74) is 2.30. The number of hydrogen-bond donors (Lipinski definition) is 0. The van der Waals surface area contributed by atoms with Gasteiger partial charge in [0.1, 0.15) is 22.2 Å². The van der Waals surface area contributed by atoms with E-state index < -0.39 is 0 Å². The molecule has 4 rings (SSSR count). The largest absolute Gasteiger partial charge is 0.463 e. The molecule has 122 valence electrons. The maximum Gasteiger partial charge on any atom is 0.315 e. The summed E-state index contributed by atoms with van der Waals surface area (Å²) in [6.45, 7) is 2.89. The highest BCUT2D eigenvalue weighted by molar-refractivity contribution is 7.18. The average Bonchev–Trinajstić information content (AvgIpc) is 3.27. The summed E-state index contributed by atoms with van der Waals surface area (Å²) >= 11 is 1.49. The summed E-state index contributed by atoms with van der Waals surface area (Å²) in [6, 6.07) is 3.84. The van der Waals surface area contributed by atoms with Crippen LogP contribution in [0.4, 0.5) is 0 Å². The van der Waals surface area contributed by atoms with Gasteiger partial charge in [0.2, 0.25) is 5.89 Å². The third-order valence-corrected chi connectivity index (χ3v) is 4.40. The van der Waals surface area contributed by atoms with Gasteiger partial charge in [-0.05, 0) is 19.1 Å². The highest BCUT2D eigenvalue weighted by Gasteiger charge is 2.26. The minimum atomic E-state index is 0.381. The van der Waals surface area contributed by atoms with E-state index in [4.69, 9.17) is 14.0 Å². The Bertz CT molecular complexity index is 873. The highest BCUT2D eigenvalue weighted by atomic mass is 32.1. The van der Waals surface area contributed by atoms with Gasteiger partial charge in [0, 0.05) is 24.4 Å². The minimum Gasteiger partial charge on any atom is -0.463 e. The van der Waals surface area contributed by atoms with Crippen LogP contribution in [0.5, 0.6) is 5.95 Å². The van der Waals surface area contributed by atoms with Gasteiger partial charge in [-0.25, -0.2) is 9.97 Å². The lowest BCUT2D eigenvalue weighted by molar-refractivity contribution is 0.156. The van der Waals surface area contributed by atoms with Crippen LogP contribution in [0.1, 0.15) is 19.0 Å². The number of thiazole rings is 1. The van der Waals surface area contributed by atoms with E-state index in [-0.39, 0.29) is 0 Å². The van der Waals surface area contributed by atoms with Gasteiger partial charge in [0.25, 0.3) is 0 Å². The molecule has 0 amide bonds. The van der Waals surface area contributed by atoms with Gasteiger partial charge in [0.05, 0.1) is 12.8 Å². The van der Waals surface area contributed by atoms with Crippen LogP contribution < -0.4 is 4.74 Å². The molecule has 0 unspecified atom stereocenters. The molecule has 7 nitrogen and oxygen atoms in total. The maximum atomic E-state index is 5.74. The molecule has 4 heterocycles. The first-order valence-electron chi connectivity index (χ1n) is 7.54. The van der Waals surface area contributed by atoms with Crippen LogP contribution in [-0.2, 0) is 4.84 Å². The third kappa shape index (κ3) is 2.76. The molecule has 0 saturated heterocycles. The number of ether oxygens (including phenoxy) is 1. The summed E-state index contributed by atoms with van der Waals surface area (Å²) in [6.07, 6.45) is 5.89. The van der Waals surface area contributed by atoms with Gasteiger partial charge in [-0.2, -0.15) is 0 Å². The molecule has 0 bridgehead atoms. The number of nitrogens with zero attached hydrogens (tertiary/aromatic N) is 4. The normalized spacial score (nSPS) is 15.1. The molecule has 0 atom stereocenters. The molecule has 0 spiro atoms. The second kappa shape index (κ2) is 6.40. The first-order valence-corrected chi connectivity index (χ1v) is 8.36. The van der Waals surface area contributed by atoms with Crippen molar-refractivity contribution in [2.75, 3.05) is 13.2 Å². The van der Waals surface area contributed by atoms with E-state index >= 15 is 0 Å². The van der Waals surface area contributed by atoms with Crippen molar-refractivity contribution in [2.24, 2.45) is 5.16 Å². The average molecular weight is 342 g/mol. The van der Waals surface area contributed by atoms with Crippen molar-refractivity contribution in [3.05, 3.63) is 36.4 Å². The molecule has 8 heteroatoms. The number of aromatic nitrogens is 3. The van der Waals surface area contributed by atoms with Crippen LogP contribution in [-0.4, -0.2) is 33.9 Å². The van der Waals surface area contributed by atoms with Gasteiger partial charge < -0.3 is 14.0 Å². The molecule has 0 aromatic carbocycles. The van der Waals surface area contributed by atoms with E-state index in [1.807, 2.05) is 19.1 Å². The zero-order valence-electron chi connectivity index (χ0n) is 12.9. The van der Waals surface area contributed by atoms with Gasteiger partial charge >= 0.3 is 5.95 Å². The molecule has 24 heavy (non-hydrogen) atoms. The molecule has 0 N–H and O–H groups in total. The predicted octanol–water partition coefficient (Wildman–Crippen LogP) is 3.38. The second-order valence-corrected chi connectivity index (χ2v) is 6.01.